The molecule has 0 aromatic heterocycles. The molecule has 3 N–H and O–H groups in total. The Labute approximate surface area is 119 Å². The van der Waals surface area contributed by atoms with Gasteiger partial charge in [-0.1, -0.05) is 12.1 Å². The summed E-state index contributed by atoms with van der Waals surface area (Å²) in [5.74, 6) is 6.69. The minimum Gasteiger partial charge on any atom is -0.493 e. The largest absolute Gasteiger partial charge is 0.493 e. The minimum atomic E-state index is 0.0477. The summed E-state index contributed by atoms with van der Waals surface area (Å²) in [6.07, 6.45) is 2.97. The molecule has 0 saturated carbocycles. The van der Waals surface area contributed by atoms with E-state index < -0.39 is 0 Å². The molecule has 5 heteroatoms. The Balaban J connectivity index is 1.57. The van der Waals surface area contributed by atoms with Crippen LogP contribution in [-0.2, 0) is 22.3 Å². The molecule has 2 atom stereocenters. The van der Waals surface area contributed by atoms with E-state index in [0.717, 1.165) is 31.6 Å². The molecule has 1 saturated heterocycles. The second kappa shape index (κ2) is 6.54. The highest BCUT2D eigenvalue weighted by molar-refractivity contribution is 5.39. The Bertz CT molecular complexity index is 447. The summed E-state index contributed by atoms with van der Waals surface area (Å²) in [5, 5.41) is 0. The van der Waals surface area contributed by atoms with Crippen LogP contribution in [0.5, 0.6) is 5.75 Å². The van der Waals surface area contributed by atoms with Gasteiger partial charge in [-0.15, -0.1) is 0 Å². The van der Waals surface area contributed by atoms with Gasteiger partial charge in [-0.25, -0.2) is 0 Å². The van der Waals surface area contributed by atoms with Crippen LogP contribution in [0.2, 0.25) is 0 Å². The lowest BCUT2D eigenvalue weighted by Gasteiger charge is -2.30. The molecule has 0 aliphatic carbocycles. The van der Waals surface area contributed by atoms with E-state index >= 15 is 0 Å². The average molecular weight is 278 g/mol. The molecule has 110 valence electrons. The van der Waals surface area contributed by atoms with Crippen molar-refractivity contribution in [2.45, 2.75) is 31.4 Å². The first-order chi connectivity index (χ1) is 9.86. The lowest BCUT2D eigenvalue weighted by Crippen LogP contribution is -2.49. The van der Waals surface area contributed by atoms with Gasteiger partial charge >= 0.3 is 0 Å². The zero-order valence-corrected chi connectivity index (χ0v) is 11.6. The van der Waals surface area contributed by atoms with Gasteiger partial charge in [0.1, 0.15) is 5.75 Å². The summed E-state index contributed by atoms with van der Waals surface area (Å²) >= 11 is 0. The van der Waals surface area contributed by atoms with Crippen LogP contribution in [0, 0.1) is 0 Å². The third kappa shape index (κ3) is 3.12. The molecule has 2 aliphatic rings. The van der Waals surface area contributed by atoms with Crippen molar-refractivity contribution in [3.63, 3.8) is 0 Å². The number of nitrogens with two attached hydrogens (primary N) is 1. The van der Waals surface area contributed by atoms with Gasteiger partial charge in [-0.2, -0.15) is 0 Å². The van der Waals surface area contributed by atoms with Gasteiger partial charge in [0, 0.05) is 12.5 Å². The van der Waals surface area contributed by atoms with Crippen molar-refractivity contribution in [3.05, 3.63) is 29.3 Å². The molecule has 2 aliphatic heterocycles. The molecule has 1 aromatic rings. The first-order valence-electron chi connectivity index (χ1n) is 7.27. The number of benzene rings is 1. The summed E-state index contributed by atoms with van der Waals surface area (Å²) in [4.78, 5) is 0. The third-order valence-corrected chi connectivity index (χ3v) is 4.00. The summed E-state index contributed by atoms with van der Waals surface area (Å²) in [7, 11) is 0. The smallest absolute Gasteiger partial charge is 0.122 e. The number of ether oxygens (including phenoxy) is 3. The minimum absolute atomic E-state index is 0.0477. The van der Waals surface area contributed by atoms with Crippen molar-refractivity contribution in [2.24, 2.45) is 5.84 Å². The lowest BCUT2D eigenvalue weighted by molar-refractivity contribution is -0.102. The number of hydrazine groups is 1. The average Bonchev–Trinajstić information content (AvgIpc) is 2.96. The van der Waals surface area contributed by atoms with Crippen molar-refractivity contribution in [2.75, 3.05) is 26.4 Å². The highest BCUT2D eigenvalue weighted by Crippen LogP contribution is 2.26. The van der Waals surface area contributed by atoms with E-state index in [0.29, 0.717) is 19.8 Å². The van der Waals surface area contributed by atoms with Crippen LogP contribution in [0.25, 0.3) is 0 Å². The van der Waals surface area contributed by atoms with Gasteiger partial charge < -0.3 is 14.2 Å². The number of aryl methyl sites for hydroxylation is 1. The highest BCUT2D eigenvalue weighted by atomic mass is 16.6. The van der Waals surface area contributed by atoms with Gasteiger partial charge in [0.2, 0.25) is 0 Å². The number of fused-ring (bicyclic) bond motifs is 1. The SMILES string of the molecule is NNC(CCc1ccc2c(c1)CCO2)C1COCCO1. The standard InChI is InChI=1S/C15H22N2O3/c16-17-13(15-10-18-7-8-20-15)3-1-11-2-4-14-12(9-11)5-6-19-14/h2,4,9,13,15,17H,1,3,5-8,10,16H2. The number of hydrogen-bond acceptors (Lipinski definition) is 5. The van der Waals surface area contributed by atoms with Crippen molar-refractivity contribution in [3.8, 4) is 5.75 Å². The number of nitrogens with one attached hydrogen (secondary N) is 1. The fourth-order valence-electron chi connectivity index (χ4n) is 2.83. The van der Waals surface area contributed by atoms with Gasteiger partial charge in [0.15, 0.2) is 0 Å². The van der Waals surface area contributed by atoms with Gasteiger partial charge in [0.05, 0.1) is 32.5 Å². The van der Waals surface area contributed by atoms with Crippen LogP contribution in [0.15, 0.2) is 18.2 Å². The quantitative estimate of drug-likeness (QED) is 0.616. The monoisotopic (exact) mass is 278 g/mol. The van der Waals surface area contributed by atoms with E-state index in [1.165, 1.54) is 11.1 Å². The molecular weight excluding hydrogens is 256 g/mol. The Morgan fingerprint density at radius 3 is 3.05 bits per heavy atom. The number of rotatable bonds is 5. The summed E-state index contributed by atoms with van der Waals surface area (Å²) in [6, 6.07) is 6.58. The maximum absolute atomic E-state index is 5.71. The molecule has 0 amide bonds. The Morgan fingerprint density at radius 2 is 2.25 bits per heavy atom. The Morgan fingerprint density at radius 1 is 1.30 bits per heavy atom. The first-order valence-corrected chi connectivity index (χ1v) is 7.27. The maximum atomic E-state index is 5.71. The summed E-state index contributed by atoms with van der Waals surface area (Å²) < 4.78 is 16.7. The third-order valence-electron chi connectivity index (χ3n) is 4.00. The first kappa shape index (κ1) is 13.8. The predicted octanol–water partition coefficient (Wildman–Crippen LogP) is 0.801. The fourth-order valence-corrected chi connectivity index (χ4v) is 2.83. The van der Waals surface area contributed by atoms with Gasteiger partial charge in [-0.05, 0) is 30.0 Å². The normalized spacial score (nSPS) is 23.1. The lowest BCUT2D eigenvalue weighted by atomic mass is 9.99. The van der Waals surface area contributed by atoms with Crippen molar-refractivity contribution >= 4 is 0 Å². The summed E-state index contributed by atoms with van der Waals surface area (Å²) in [5.41, 5.74) is 5.51. The van der Waals surface area contributed by atoms with Gasteiger partial charge in [0.25, 0.3) is 0 Å². The zero-order chi connectivity index (χ0) is 13.8. The second-order valence-electron chi connectivity index (χ2n) is 5.34. The molecule has 20 heavy (non-hydrogen) atoms. The van der Waals surface area contributed by atoms with E-state index in [1.807, 2.05) is 0 Å². The van der Waals surface area contributed by atoms with Crippen LogP contribution in [0.1, 0.15) is 17.5 Å². The van der Waals surface area contributed by atoms with E-state index in [1.54, 1.807) is 0 Å². The number of hydrogen-bond donors (Lipinski definition) is 2. The molecule has 1 fully saturated rings. The summed E-state index contributed by atoms with van der Waals surface area (Å²) in [6.45, 7) is 2.75. The van der Waals surface area contributed by atoms with Crippen molar-refractivity contribution in [1.82, 2.24) is 5.43 Å². The molecule has 5 nitrogen and oxygen atoms in total. The predicted molar refractivity (Wildman–Crippen MR) is 75.6 cm³/mol. The van der Waals surface area contributed by atoms with Gasteiger partial charge in [-0.3, -0.25) is 11.3 Å². The van der Waals surface area contributed by atoms with E-state index in [4.69, 9.17) is 20.1 Å². The van der Waals surface area contributed by atoms with E-state index in [9.17, 15) is 0 Å². The van der Waals surface area contributed by atoms with Crippen LogP contribution in [-0.4, -0.2) is 38.6 Å². The molecular formula is C15H22N2O3. The molecule has 0 bridgehead atoms. The molecule has 0 spiro atoms. The highest BCUT2D eigenvalue weighted by Gasteiger charge is 2.24. The van der Waals surface area contributed by atoms with Crippen LogP contribution < -0.4 is 16.0 Å². The topological polar surface area (TPSA) is 65.7 Å². The molecule has 0 radical (unpaired) electrons. The second-order valence-corrected chi connectivity index (χ2v) is 5.34. The van der Waals surface area contributed by atoms with Crippen molar-refractivity contribution < 1.29 is 14.2 Å². The van der Waals surface area contributed by atoms with Crippen LogP contribution in [0.4, 0.5) is 0 Å². The molecule has 2 heterocycles. The van der Waals surface area contributed by atoms with Crippen molar-refractivity contribution in [1.29, 1.82) is 0 Å². The fraction of sp³-hybridized carbons (Fsp3) is 0.600. The van der Waals surface area contributed by atoms with E-state index in [-0.39, 0.29) is 12.1 Å². The van der Waals surface area contributed by atoms with Crippen LogP contribution in [0.3, 0.4) is 0 Å². The molecule has 3 rings (SSSR count). The van der Waals surface area contributed by atoms with E-state index in [2.05, 4.69) is 23.6 Å². The Kier molecular flexibility index (Phi) is 4.52. The molecule has 1 aromatic carbocycles. The zero-order valence-electron chi connectivity index (χ0n) is 11.6. The molecule has 2 unspecified atom stereocenters. The maximum Gasteiger partial charge on any atom is 0.122 e. The van der Waals surface area contributed by atoms with Crippen LogP contribution >= 0.6 is 0 Å². The Hall–Kier alpha value is -1.14.